The van der Waals surface area contributed by atoms with Crippen molar-refractivity contribution >= 4 is 28.8 Å². The van der Waals surface area contributed by atoms with Gasteiger partial charge in [-0.2, -0.15) is 4.63 Å². The summed E-state index contributed by atoms with van der Waals surface area (Å²) in [5.74, 6) is 1.20. The second kappa shape index (κ2) is 26.3. The van der Waals surface area contributed by atoms with E-state index in [2.05, 4.69) is 43.4 Å². The second-order valence-corrected chi connectivity index (χ2v) is 16.8. The molecule has 2 heterocycles. The number of fused-ring (bicyclic) bond motifs is 1. The highest BCUT2D eigenvalue weighted by Gasteiger charge is 2.19. The molecular formula is C51H72N6O4. The van der Waals surface area contributed by atoms with Crippen LogP contribution in [0.15, 0.2) is 72.8 Å². The van der Waals surface area contributed by atoms with E-state index in [0.717, 1.165) is 31.4 Å². The number of carbonyl (C=O) groups is 2. The van der Waals surface area contributed by atoms with E-state index in [9.17, 15) is 9.59 Å². The molecule has 5 rings (SSSR count). The molecule has 0 saturated heterocycles. The maximum absolute atomic E-state index is 13.9. The minimum absolute atomic E-state index is 0.288. The predicted molar refractivity (Wildman–Crippen MR) is 250 cm³/mol. The van der Waals surface area contributed by atoms with Gasteiger partial charge in [-0.25, -0.2) is 4.98 Å². The molecule has 10 nitrogen and oxygen atoms in total. The Bertz CT molecular complexity index is 1920. The number of nitrogens with zero attached hydrogens (tertiary/aromatic N) is 3. The van der Waals surface area contributed by atoms with E-state index in [4.69, 9.17) is 19.6 Å². The van der Waals surface area contributed by atoms with Crippen LogP contribution in [0.4, 0.5) is 11.4 Å². The Balaban J connectivity index is 1.23. The number of aromatic nitrogens is 4. The van der Waals surface area contributed by atoms with Crippen molar-refractivity contribution in [3.63, 3.8) is 0 Å². The van der Waals surface area contributed by atoms with Crippen molar-refractivity contribution in [3.05, 3.63) is 89.6 Å². The topological polar surface area (TPSA) is 123 Å². The average Bonchev–Trinajstić information content (AvgIpc) is 3.86. The summed E-state index contributed by atoms with van der Waals surface area (Å²) in [5, 5.41) is 14.1. The molecule has 0 radical (unpaired) electrons. The van der Waals surface area contributed by atoms with E-state index in [1.165, 1.54) is 103 Å². The van der Waals surface area contributed by atoms with Crippen molar-refractivity contribution in [2.75, 3.05) is 23.8 Å². The lowest BCUT2D eigenvalue weighted by Gasteiger charge is -2.15. The zero-order valence-corrected chi connectivity index (χ0v) is 37.5. The van der Waals surface area contributed by atoms with E-state index in [1.807, 2.05) is 54.6 Å². The molecule has 2 amide bonds. The Morgan fingerprint density at radius 2 is 1.02 bits per heavy atom. The number of para-hydroxylation sites is 2. The van der Waals surface area contributed by atoms with E-state index in [0.29, 0.717) is 64.2 Å². The molecule has 0 atom stereocenters. The monoisotopic (exact) mass is 833 g/mol. The first-order chi connectivity index (χ1) is 29.9. The molecular weight excluding hydrogens is 761 g/mol. The lowest BCUT2D eigenvalue weighted by atomic mass is 10.1. The van der Waals surface area contributed by atoms with Crippen LogP contribution in [-0.2, 0) is 0 Å². The van der Waals surface area contributed by atoms with Crippen LogP contribution in [-0.4, -0.2) is 44.8 Å². The molecule has 3 aromatic carbocycles. The van der Waals surface area contributed by atoms with Crippen LogP contribution in [0.3, 0.4) is 0 Å². The summed E-state index contributed by atoms with van der Waals surface area (Å²) in [4.78, 5) is 32.6. The van der Waals surface area contributed by atoms with Gasteiger partial charge in [0.1, 0.15) is 11.5 Å². The molecule has 10 heteroatoms. The van der Waals surface area contributed by atoms with Crippen molar-refractivity contribution in [1.29, 1.82) is 0 Å². The van der Waals surface area contributed by atoms with Crippen LogP contribution in [0.5, 0.6) is 11.5 Å². The highest BCUT2D eigenvalue weighted by atomic mass is 16.5. The molecule has 0 bridgehead atoms. The molecule has 2 aromatic heterocycles. The van der Waals surface area contributed by atoms with Gasteiger partial charge in [-0.05, 0) is 61.2 Å². The molecule has 0 aliphatic rings. The first-order valence-corrected chi connectivity index (χ1v) is 23.5. The molecule has 3 N–H and O–H groups in total. The third-order valence-corrected chi connectivity index (χ3v) is 11.3. The Morgan fingerprint density at radius 3 is 1.44 bits per heavy atom. The fourth-order valence-electron chi connectivity index (χ4n) is 7.61. The summed E-state index contributed by atoms with van der Waals surface area (Å²) in [6.45, 7) is 9.82. The number of ether oxygens (including phenoxy) is 2. The minimum Gasteiger partial charge on any atom is -0.493 e. The fourth-order valence-corrected chi connectivity index (χ4v) is 7.61. The van der Waals surface area contributed by atoms with E-state index >= 15 is 0 Å². The first-order valence-electron chi connectivity index (χ1n) is 23.5. The van der Waals surface area contributed by atoms with Crippen LogP contribution in [0.2, 0.25) is 0 Å². The Labute approximate surface area is 365 Å². The third-order valence-electron chi connectivity index (χ3n) is 11.3. The number of unbranched alkanes of at least 4 members (excludes halogenated alkanes) is 18. The maximum atomic E-state index is 13.9. The van der Waals surface area contributed by atoms with Crippen molar-refractivity contribution < 1.29 is 19.1 Å². The van der Waals surface area contributed by atoms with Gasteiger partial charge in [0.25, 0.3) is 11.8 Å². The number of aromatic amines is 1. The lowest BCUT2D eigenvalue weighted by Crippen LogP contribution is -2.16. The first kappa shape index (κ1) is 46.9. The Kier molecular flexibility index (Phi) is 20.2. The number of H-pyrrole nitrogens is 1. The van der Waals surface area contributed by atoms with Gasteiger partial charge >= 0.3 is 0 Å². The van der Waals surface area contributed by atoms with E-state index in [1.54, 1.807) is 22.8 Å². The SMILES string of the molecule is CCCCCCCCCCCCOc1ccccc1C(=O)Nc1cc(NC(=O)c2ccccc2OCCCCCCCCCCCC)cc(-c2nc3cc(C(C)C)[nH]n3n2)c1. The second-order valence-electron chi connectivity index (χ2n) is 16.8. The Morgan fingerprint density at radius 1 is 0.590 bits per heavy atom. The summed E-state index contributed by atoms with van der Waals surface area (Å²) in [6.07, 6.45) is 24.9. The number of hydrogen-bond donors (Lipinski definition) is 3. The molecule has 330 valence electrons. The number of carbonyl (C=O) groups excluding carboxylic acids is 2. The summed E-state index contributed by atoms with van der Waals surface area (Å²) >= 11 is 0. The van der Waals surface area contributed by atoms with Crippen molar-refractivity contribution in [2.24, 2.45) is 0 Å². The van der Waals surface area contributed by atoms with E-state index < -0.39 is 0 Å². The molecule has 0 saturated carbocycles. The van der Waals surface area contributed by atoms with Crippen LogP contribution in [0.1, 0.15) is 188 Å². The maximum Gasteiger partial charge on any atom is 0.259 e. The number of nitrogens with one attached hydrogen (secondary N) is 3. The summed E-state index contributed by atoms with van der Waals surface area (Å²) in [7, 11) is 0. The number of hydrogen-bond acceptors (Lipinski definition) is 6. The lowest BCUT2D eigenvalue weighted by molar-refractivity contribution is 0.101. The van der Waals surface area contributed by atoms with Gasteiger partial charge in [-0.15, -0.1) is 5.10 Å². The van der Waals surface area contributed by atoms with Crippen LogP contribution < -0.4 is 20.1 Å². The Hall–Kier alpha value is -5.12. The standard InChI is InChI=1S/C51H72N6O4/c1-5-7-9-11-13-15-17-19-21-27-33-60-46-31-25-23-29-43(46)50(58)52-41-35-40(49-54-48-38-45(39(3)4)55-57(48)56-49)36-42(37-41)53-51(59)44-30-24-26-32-47(44)61-34-28-22-20-18-16-14-12-10-8-6-2/h23-26,29-32,35-39,55H,5-22,27-28,33-34H2,1-4H3,(H,52,58)(H,53,59). The molecule has 0 fully saturated rings. The average molecular weight is 833 g/mol. The minimum atomic E-state index is -0.315. The number of anilines is 2. The number of amides is 2. The van der Waals surface area contributed by atoms with E-state index in [-0.39, 0.29) is 17.7 Å². The van der Waals surface area contributed by atoms with Gasteiger partial charge in [0.2, 0.25) is 0 Å². The van der Waals surface area contributed by atoms with Gasteiger partial charge in [0.15, 0.2) is 11.5 Å². The van der Waals surface area contributed by atoms with Gasteiger partial charge < -0.3 is 20.1 Å². The van der Waals surface area contributed by atoms with Crippen LogP contribution in [0, 0.1) is 0 Å². The molecule has 5 aromatic rings. The molecule has 0 unspecified atom stereocenters. The fraction of sp³-hybridized carbons (Fsp3) is 0.529. The quantitative estimate of drug-likeness (QED) is 0.0396. The summed E-state index contributed by atoms with van der Waals surface area (Å²) < 4.78 is 14.0. The van der Waals surface area contributed by atoms with Crippen LogP contribution >= 0.6 is 0 Å². The largest absolute Gasteiger partial charge is 0.493 e. The molecule has 0 aliphatic heterocycles. The number of rotatable bonds is 30. The zero-order chi connectivity index (χ0) is 43.1. The zero-order valence-electron chi connectivity index (χ0n) is 37.5. The molecule has 0 aliphatic carbocycles. The molecule has 0 spiro atoms. The van der Waals surface area contributed by atoms with Gasteiger partial charge in [-0.1, -0.05) is 168 Å². The van der Waals surface area contributed by atoms with Gasteiger partial charge in [-0.3, -0.25) is 14.7 Å². The van der Waals surface area contributed by atoms with Gasteiger partial charge in [0.05, 0.1) is 24.3 Å². The number of benzene rings is 3. The van der Waals surface area contributed by atoms with Gasteiger partial charge in [0, 0.05) is 28.7 Å². The summed E-state index contributed by atoms with van der Waals surface area (Å²) in [6, 6.07) is 22.0. The van der Waals surface area contributed by atoms with Crippen molar-refractivity contribution in [3.8, 4) is 22.9 Å². The van der Waals surface area contributed by atoms with Crippen molar-refractivity contribution in [1.82, 2.24) is 19.8 Å². The molecule has 61 heavy (non-hydrogen) atoms. The van der Waals surface area contributed by atoms with Crippen LogP contribution in [0.25, 0.3) is 17.0 Å². The predicted octanol–water partition coefficient (Wildman–Crippen LogP) is 14.0. The smallest absolute Gasteiger partial charge is 0.259 e. The van der Waals surface area contributed by atoms with Crippen molar-refractivity contribution in [2.45, 2.75) is 162 Å². The third kappa shape index (κ3) is 15.7. The summed E-state index contributed by atoms with van der Waals surface area (Å²) in [5.41, 5.74) is 4.18. The normalized spacial score (nSPS) is 11.4. The highest BCUT2D eigenvalue weighted by Crippen LogP contribution is 2.30. The highest BCUT2D eigenvalue weighted by molar-refractivity contribution is 6.08.